The molecule has 0 amide bonds. The minimum Gasteiger partial charge on any atom is -0.507 e. The first kappa shape index (κ1) is 13.6. The lowest BCUT2D eigenvalue weighted by Gasteiger charge is -2.06. The highest BCUT2D eigenvalue weighted by molar-refractivity contribution is 6.42. The van der Waals surface area contributed by atoms with Gasteiger partial charge in [-0.2, -0.15) is 10.2 Å². The van der Waals surface area contributed by atoms with Crippen LogP contribution in [-0.4, -0.2) is 21.0 Å². The maximum Gasteiger partial charge on any atom is 0.172 e. The van der Waals surface area contributed by atoms with Gasteiger partial charge in [0.2, 0.25) is 0 Å². The first-order chi connectivity index (χ1) is 9.09. The molecule has 0 aliphatic carbocycles. The molecule has 1 heterocycles. The van der Waals surface area contributed by atoms with Gasteiger partial charge < -0.3 is 5.11 Å². The normalized spacial score (nSPS) is 11.4. The molecule has 0 saturated heterocycles. The molecule has 1 aromatic heterocycles. The van der Waals surface area contributed by atoms with Crippen LogP contribution >= 0.6 is 23.2 Å². The van der Waals surface area contributed by atoms with E-state index in [-0.39, 0.29) is 15.9 Å². The number of aromatic hydroxyl groups is 1. The fourth-order valence-electron chi connectivity index (χ4n) is 1.41. The summed E-state index contributed by atoms with van der Waals surface area (Å²) in [6.45, 7) is 1.76. The molecular weight excluding hydrogens is 287 g/mol. The molecule has 19 heavy (non-hydrogen) atoms. The van der Waals surface area contributed by atoms with Crippen molar-refractivity contribution >= 4 is 34.6 Å². The molecule has 1 aromatic carbocycles. The third-order valence-electron chi connectivity index (χ3n) is 2.39. The molecule has 2 aromatic rings. The van der Waals surface area contributed by atoms with Gasteiger partial charge in [0.05, 0.1) is 17.6 Å². The predicted molar refractivity (Wildman–Crippen MR) is 76.0 cm³/mol. The summed E-state index contributed by atoms with van der Waals surface area (Å²) in [4.78, 5) is 0. The monoisotopic (exact) mass is 296 g/mol. The van der Waals surface area contributed by atoms with Crippen LogP contribution in [0, 0.1) is 0 Å². The van der Waals surface area contributed by atoms with Gasteiger partial charge >= 0.3 is 0 Å². The standard InChI is InChI=1S/C12H10Cl2N4O/c1-7(8-4-2-3-5-10(8)19)16-17-9-6-15-18-12(14)11(9)13/h2-6,19H,1H3,(H,17,18)/b16-7+. The van der Waals surface area contributed by atoms with Crippen molar-refractivity contribution in [2.45, 2.75) is 6.92 Å². The number of phenolic OH excluding ortho intramolecular Hbond substituents is 1. The summed E-state index contributed by atoms with van der Waals surface area (Å²) >= 11 is 11.7. The van der Waals surface area contributed by atoms with Gasteiger partial charge in [0.25, 0.3) is 0 Å². The zero-order valence-corrected chi connectivity index (χ0v) is 11.4. The van der Waals surface area contributed by atoms with E-state index in [2.05, 4.69) is 20.7 Å². The van der Waals surface area contributed by atoms with Gasteiger partial charge in [-0.25, -0.2) is 0 Å². The van der Waals surface area contributed by atoms with E-state index in [1.165, 1.54) is 6.20 Å². The number of halogens is 2. The Labute approximate surface area is 119 Å². The first-order valence-electron chi connectivity index (χ1n) is 5.35. The summed E-state index contributed by atoms with van der Waals surface area (Å²) in [5.41, 5.74) is 4.40. The third-order valence-corrected chi connectivity index (χ3v) is 3.13. The van der Waals surface area contributed by atoms with Gasteiger partial charge in [-0.3, -0.25) is 5.43 Å². The van der Waals surface area contributed by atoms with Crippen LogP contribution < -0.4 is 5.43 Å². The zero-order chi connectivity index (χ0) is 13.8. The summed E-state index contributed by atoms with van der Waals surface area (Å²) < 4.78 is 0. The third kappa shape index (κ3) is 3.13. The van der Waals surface area contributed by atoms with Gasteiger partial charge in [-0.15, -0.1) is 5.10 Å². The van der Waals surface area contributed by atoms with Crippen LogP contribution in [0.2, 0.25) is 10.2 Å². The maximum absolute atomic E-state index is 9.70. The Morgan fingerprint density at radius 3 is 2.79 bits per heavy atom. The van der Waals surface area contributed by atoms with E-state index in [4.69, 9.17) is 23.2 Å². The smallest absolute Gasteiger partial charge is 0.172 e. The highest BCUT2D eigenvalue weighted by atomic mass is 35.5. The van der Waals surface area contributed by atoms with Crippen molar-refractivity contribution < 1.29 is 5.11 Å². The summed E-state index contributed by atoms with van der Waals surface area (Å²) in [6.07, 6.45) is 1.41. The van der Waals surface area contributed by atoms with Crippen molar-refractivity contribution in [1.29, 1.82) is 0 Å². The average molecular weight is 297 g/mol. The second kappa shape index (κ2) is 5.86. The van der Waals surface area contributed by atoms with E-state index in [9.17, 15) is 5.11 Å². The topological polar surface area (TPSA) is 70.4 Å². The lowest BCUT2D eigenvalue weighted by atomic mass is 10.1. The largest absolute Gasteiger partial charge is 0.507 e. The molecule has 2 N–H and O–H groups in total. The molecule has 0 atom stereocenters. The van der Waals surface area contributed by atoms with Gasteiger partial charge in [0.15, 0.2) is 5.15 Å². The number of hydrogen-bond acceptors (Lipinski definition) is 5. The van der Waals surface area contributed by atoms with Crippen LogP contribution in [0.25, 0.3) is 0 Å². The van der Waals surface area contributed by atoms with Crippen LogP contribution in [0.3, 0.4) is 0 Å². The predicted octanol–water partition coefficient (Wildman–Crippen LogP) is 3.33. The number of nitrogens with zero attached hydrogens (tertiary/aromatic N) is 3. The number of phenols is 1. The Balaban J connectivity index is 2.23. The molecule has 0 fully saturated rings. The Morgan fingerprint density at radius 2 is 2.05 bits per heavy atom. The molecular formula is C12H10Cl2N4O. The number of anilines is 1. The van der Waals surface area contributed by atoms with Crippen molar-refractivity contribution in [2.24, 2.45) is 5.10 Å². The molecule has 0 aliphatic rings. The average Bonchev–Trinajstić information content (AvgIpc) is 2.40. The number of hydrazone groups is 1. The van der Waals surface area contributed by atoms with E-state index in [0.29, 0.717) is 17.0 Å². The number of aromatic nitrogens is 2. The van der Waals surface area contributed by atoms with Crippen molar-refractivity contribution in [2.75, 3.05) is 5.43 Å². The number of benzene rings is 1. The fourth-order valence-corrected chi connectivity index (χ4v) is 1.69. The molecule has 0 unspecified atom stereocenters. The van der Waals surface area contributed by atoms with Crippen LogP contribution in [0.1, 0.15) is 12.5 Å². The highest BCUT2D eigenvalue weighted by Gasteiger charge is 2.07. The van der Waals surface area contributed by atoms with Crippen molar-refractivity contribution in [3.05, 3.63) is 46.2 Å². The maximum atomic E-state index is 9.70. The van der Waals surface area contributed by atoms with Crippen LogP contribution in [-0.2, 0) is 0 Å². The van der Waals surface area contributed by atoms with E-state index >= 15 is 0 Å². The summed E-state index contributed by atoms with van der Waals surface area (Å²) in [7, 11) is 0. The SMILES string of the molecule is C/C(=N\Nc1cnnc(Cl)c1Cl)c1ccccc1O. The Morgan fingerprint density at radius 1 is 1.32 bits per heavy atom. The molecule has 0 bridgehead atoms. The number of rotatable bonds is 3. The number of hydrogen-bond donors (Lipinski definition) is 2. The van der Waals surface area contributed by atoms with E-state index < -0.39 is 0 Å². The molecule has 7 heteroatoms. The molecule has 98 valence electrons. The van der Waals surface area contributed by atoms with Crippen LogP contribution in [0.5, 0.6) is 5.75 Å². The number of nitrogens with one attached hydrogen (secondary N) is 1. The van der Waals surface area contributed by atoms with E-state index in [0.717, 1.165) is 0 Å². The van der Waals surface area contributed by atoms with Crippen LogP contribution in [0.15, 0.2) is 35.6 Å². The fraction of sp³-hybridized carbons (Fsp3) is 0.0833. The van der Waals surface area contributed by atoms with Gasteiger partial charge in [0, 0.05) is 5.56 Å². The zero-order valence-electron chi connectivity index (χ0n) is 9.93. The second-order valence-electron chi connectivity index (χ2n) is 3.69. The molecule has 0 aliphatic heterocycles. The highest BCUT2D eigenvalue weighted by Crippen LogP contribution is 2.26. The molecule has 0 spiro atoms. The Bertz CT molecular complexity index is 631. The van der Waals surface area contributed by atoms with Crippen LogP contribution in [0.4, 0.5) is 5.69 Å². The summed E-state index contributed by atoms with van der Waals surface area (Å²) in [6, 6.07) is 6.90. The van der Waals surface area contributed by atoms with Crippen molar-refractivity contribution in [1.82, 2.24) is 10.2 Å². The minimum atomic E-state index is 0.0991. The quantitative estimate of drug-likeness (QED) is 0.673. The minimum absolute atomic E-state index is 0.0991. The van der Waals surface area contributed by atoms with Crippen molar-refractivity contribution in [3.8, 4) is 5.75 Å². The van der Waals surface area contributed by atoms with Gasteiger partial charge in [-0.05, 0) is 19.1 Å². The van der Waals surface area contributed by atoms with E-state index in [1.807, 2.05) is 6.07 Å². The molecule has 5 nitrogen and oxygen atoms in total. The molecule has 0 saturated carbocycles. The first-order valence-corrected chi connectivity index (χ1v) is 6.10. The summed E-state index contributed by atoms with van der Waals surface area (Å²) in [5.74, 6) is 0.155. The Kier molecular flexibility index (Phi) is 4.19. The lowest BCUT2D eigenvalue weighted by Crippen LogP contribution is -2.01. The van der Waals surface area contributed by atoms with Crippen molar-refractivity contribution in [3.63, 3.8) is 0 Å². The van der Waals surface area contributed by atoms with Gasteiger partial charge in [-0.1, -0.05) is 35.3 Å². The second-order valence-corrected chi connectivity index (χ2v) is 4.43. The summed E-state index contributed by atoms with van der Waals surface area (Å²) in [5, 5.41) is 21.4. The van der Waals surface area contributed by atoms with Gasteiger partial charge in [0.1, 0.15) is 10.8 Å². The number of para-hydroxylation sites is 1. The molecule has 0 radical (unpaired) electrons. The Hall–Kier alpha value is -1.85. The molecule has 2 rings (SSSR count). The van der Waals surface area contributed by atoms with E-state index in [1.54, 1.807) is 25.1 Å². The lowest BCUT2D eigenvalue weighted by molar-refractivity contribution is 0.474.